The molecule has 0 saturated heterocycles. The molecule has 1 aromatic carbocycles. The molecule has 2 aliphatic carbocycles. The Morgan fingerprint density at radius 1 is 0.913 bits per heavy atom. The van der Waals surface area contributed by atoms with Gasteiger partial charge in [0.2, 0.25) is 0 Å². The molecule has 0 heterocycles. The normalized spacial score (nSPS) is 22.4. The zero-order valence-electron chi connectivity index (χ0n) is 15.4. The minimum atomic E-state index is -1.67. The summed E-state index contributed by atoms with van der Waals surface area (Å²) in [5.41, 5.74) is 2.81. The van der Waals surface area contributed by atoms with E-state index in [2.05, 4.69) is 69.8 Å². The van der Waals surface area contributed by atoms with Gasteiger partial charge in [-0.15, -0.1) is 0 Å². The predicted molar refractivity (Wildman–Crippen MR) is 105 cm³/mol. The van der Waals surface area contributed by atoms with E-state index in [4.69, 9.17) is 0 Å². The molecule has 0 spiro atoms. The van der Waals surface area contributed by atoms with Gasteiger partial charge in [-0.2, -0.15) is 0 Å². The van der Waals surface area contributed by atoms with Crippen molar-refractivity contribution in [1.29, 1.82) is 0 Å². The molecular weight excluding hydrogens is 292 g/mol. The number of allylic oxidation sites excluding steroid dienone is 4. The standard InChI is InChI=1S/C22H32Si/c1-22(2,3)20-16-11-17-21(20)23(4,18-12-7-5-8-13-18)19-14-9-6-10-15-19/h5,7-8,12-13,16-17,19H,6,9-11,14-15H2,1-4H3. The lowest BCUT2D eigenvalue weighted by atomic mass is 9.87. The van der Waals surface area contributed by atoms with Crippen molar-refractivity contribution in [2.75, 3.05) is 0 Å². The molecule has 1 saturated carbocycles. The molecule has 0 radical (unpaired) electrons. The highest BCUT2D eigenvalue weighted by molar-refractivity contribution is 6.98. The molecule has 2 aliphatic rings. The summed E-state index contributed by atoms with van der Waals surface area (Å²) in [7, 11) is -1.67. The minimum Gasteiger partial charge on any atom is -0.0808 e. The molecule has 0 amide bonds. The number of benzene rings is 1. The maximum atomic E-state index is 2.66. The zero-order valence-corrected chi connectivity index (χ0v) is 16.4. The maximum Gasteiger partial charge on any atom is 0.118 e. The molecule has 23 heavy (non-hydrogen) atoms. The summed E-state index contributed by atoms with van der Waals surface area (Å²) in [6.45, 7) is 9.82. The molecule has 3 rings (SSSR count). The third-order valence-corrected chi connectivity index (χ3v) is 11.4. The third-order valence-electron chi connectivity index (χ3n) is 6.10. The van der Waals surface area contributed by atoms with Crippen molar-refractivity contribution in [3.63, 3.8) is 0 Å². The van der Waals surface area contributed by atoms with Gasteiger partial charge in [0.1, 0.15) is 8.07 Å². The zero-order chi connectivity index (χ0) is 16.5. The van der Waals surface area contributed by atoms with Crippen LogP contribution >= 0.6 is 0 Å². The van der Waals surface area contributed by atoms with Gasteiger partial charge in [0.15, 0.2) is 0 Å². The van der Waals surface area contributed by atoms with E-state index in [0.29, 0.717) is 0 Å². The van der Waals surface area contributed by atoms with Crippen molar-refractivity contribution in [1.82, 2.24) is 0 Å². The van der Waals surface area contributed by atoms with Gasteiger partial charge in [-0.1, -0.05) is 112 Å². The van der Waals surface area contributed by atoms with E-state index < -0.39 is 8.07 Å². The second-order valence-corrected chi connectivity index (χ2v) is 13.0. The number of hydrogen-bond acceptors (Lipinski definition) is 0. The first-order valence-electron chi connectivity index (χ1n) is 9.41. The Balaban J connectivity index is 2.08. The summed E-state index contributed by atoms with van der Waals surface area (Å²) in [5.74, 6) is 0. The van der Waals surface area contributed by atoms with E-state index in [1.54, 1.807) is 16.0 Å². The highest BCUT2D eigenvalue weighted by Crippen LogP contribution is 2.47. The number of rotatable bonds is 3. The van der Waals surface area contributed by atoms with Crippen LogP contribution in [-0.2, 0) is 0 Å². The quantitative estimate of drug-likeness (QED) is 0.585. The Kier molecular flexibility index (Phi) is 4.69. The second-order valence-electron chi connectivity index (χ2n) is 8.62. The molecule has 124 valence electrons. The molecule has 1 unspecified atom stereocenters. The van der Waals surface area contributed by atoms with Gasteiger partial charge in [0, 0.05) is 0 Å². The second kappa shape index (κ2) is 6.43. The summed E-state index contributed by atoms with van der Waals surface area (Å²) >= 11 is 0. The van der Waals surface area contributed by atoms with E-state index in [1.807, 2.05) is 0 Å². The molecule has 1 fully saturated rings. The van der Waals surface area contributed by atoms with E-state index in [9.17, 15) is 0 Å². The Labute approximate surface area is 143 Å². The van der Waals surface area contributed by atoms with Gasteiger partial charge in [-0.05, 0) is 23.0 Å². The van der Waals surface area contributed by atoms with Crippen molar-refractivity contribution in [2.24, 2.45) is 5.41 Å². The van der Waals surface area contributed by atoms with Gasteiger partial charge < -0.3 is 0 Å². The Morgan fingerprint density at radius 3 is 2.17 bits per heavy atom. The van der Waals surface area contributed by atoms with Crippen molar-refractivity contribution >= 4 is 13.3 Å². The number of hydrogen-bond donors (Lipinski definition) is 0. The Morgan fingerprint density at radius 2 is 1.57 bits per heavy atom. The topological polar surface area (TPSA) is 0 Å². The minimum absolute atomic E-state index is 0.264. The van der Waals surface area contributed by atoms with E-state index in [0.717, 1.165) is 12.0 Å². The van der Waals surface area contributed by atoms with Crippen molar-refractivity contribution in [3.8, 4) is 0 Å². The van der Waals surface area contributed by atoms with Gasteiger partial charge in [0.05, 0.1) is 0 Å². The van der Waals surface area contributed by atoms with Crippen molar-refractivity contribution in [3.05, 3.63) is 53.3 Å². The van der Waals surface area contributed by atoms with Crippen LogP contribution in [-0.4, -0.2) is 8.07 Å². The lowest BCUT2D eigenvalue weighted by Crippen LogP contribution is -2.52. The molecule has 0 bridgehead atoms. The van der Waals surface area contributed by atoms with Crippen LogP contribution in [0.2, 0.25) is 12.1 Å². The van der Waals surface area contributed by atoms with E-state index in [1.165, 1.54) is 32.1 Å². The first kappa shape index (κ1) is 16.8. The smallest absolute Gasteiger partial charge is 0.0808 e. The van der Waals surface area contributed by atoms with Crippen LogP contribution in [0.5, 0.6) is 0 Å². The summed E-state index contributed by atoms with van der Waals surface area (Å²) in [4.78, 5) is 0. The van der Waals surface area contributed by atoms with Crippen LogP contribution in [0.1, 0.15) is 59.3 Å². The Hall–Kier alpha value is -1.08. The molecule has 0 aliphatic heterocycles. The van der Waals surface area contributed by atoms with Crippen LogP contribution in [0.3, 0.4) is 0 Å². The van der Waals surface area contributed by atoms with Crippen LogP contribution in [0.4, 0.5) is 0 Å². The van der Waals surface area contributed by atoms with Gasteiger partial charge in [0.25, 0.3) is 0 Å². The third kappa shape index (κ3) is 3.13. The first-order valence-corrected chi connectivity index (χ1v) is 12.0. The highest BCUT2D eigenvalue weighted by atomic mass is 28.3. The summed E-state index contributed by atoms with van der Waals surface area (Å²) < 4.78 is 0. The molecule has 0 N–H and O–H groups in total. The van der Waals surface area contributed by atoms with Gasteiger partial charge >= 0.3 is 0 Å². The fourth-order valence-electron chi connectivity index (χ4n) is 4.79. The molecule has 1 aromatic rings. The summed E-state index contributed by atoms with van der Waals surface area (Å²) in [6, 6.07) is 11.5. The first-order chi connectivity index (χ1) is 10.9. The molecule has 0 aromatic heterocycles. The lowest BCUT2D eigenvalue weighted by Gasteiger charge is -2.43. The molecule has 0 nitrogen and oxygen atoms in total. The molecule has 1 atom stereocenters. The summed E-state index contributed by atoms with van der Waals surface area (Å²) in [5, 5.41) is 3.40. The van der Waals surface area contributed by atoms with E-state index in [-0.39, 0.29) is 5.41 Å². The largest absolute Gasteiger partial charge is 0.118 e. The monoisotopic (exact) mass is 324 g/mol. The average Bonchev–Trinajstić information content (AvgIpc) is 3.06. The SMILES string of the molecule is CC(C)(C)C1=CCC=C1[Si](C)(c1ccccc1)C1CCCCC1. The van der Waals surface area contributed by atoms with Crippen molar-refractivity contribution < 1.29 is 0 Å². The Bertz CT molecular complexity index is 597. The highest BCUT2D eigenvalue weighted by Gasteiger charge is 2.45. The fraction of sp³-hybridized carbons (Fsp3) is 0.545. The van der Waals surface area contributed by atoms with Crippen LogP contribution < -0.4 is 5.19 Å². The van der Waals surface area contributed by atoms with Crippen LogP contribution in [0.15, 0.2) is 53.3 Å². The predicted octanol–water partition coefficient (Wildman–Crippen LogP) is 6.15. The summed E-state index contributed by atoms with van der Waals surface area (Å²) in [6.07, 6.45) is 13.4. The maximum absolute atomic E-state index is 2.66. The lowest BCUT2D eigenvalue weighted by molar-refractivity contribution is 0.491. The molecule has 1 heteroatoms. The van der Waals surface area contributed by atoms with Crippen molar-refractivity contribution in [2.45, 2.75) is 71.4 Å². The van der Waals surface area contributed by atoms with Gasteiger partial charge in [-0.3, -0.25) is 0 Å². The van der Waals surface area contributed by atoms with Crippen LogP contribution in [0.25, 0.3) is 0 Å². The van der Waals surface area contributed by atoms with Crippen LogP contribution in [0, 0.1) is 5.41 Å². The molecular formula is C22H32Si. The fourth-order valence-corrected chi connectivity index (χ4v) is 10.0. The van der Waals surface area contributed by atoms with E-state index >= 15 is 0 Å². The average molecular weight is 325 g/mol. The van der Waals surface area contributed by atoms with Gasteiger partial charge in [-0.25, -0.2) is 0 Å².